The van der Waals surface area contributed by atoms with Gasteiger partial charge in [-0.3, -0.25) is 4.90 Å². The first kappa shape index (κ1) is 21.0. The Labute approximate surface area is 193 Å². The number of para-hydroxylation sites is 2. The highest BCUT2D eigenvalue weighted by Crippen LogP contribution is 2.34. The quantitative estimate of drug-likeness (QED) is 0.376. The standard InChI is InChI=1S/C27H25N3O3/c28-20-27(21-6-2-1-3-7-21)14-16-30(17-15-27)18-19-31-22-10-12-23(13-11-22)32-26-29-24-8-4-5-9-25(24)33-26/h1-13H,14-19H2. The number of fused-ring (bicyclic) bond motifs is 1. The summed E-state index contributed by atoms with van der Waals surface area (Å²) in [5, 5.41) is 9.85. The lowest BCUT2D eigenvalue weighted by Gasteiger charge is -2.37. The molecule has 3 aromatic carbocycles. The first-order valence-electron chi connectivity index (χ1n) is 11.2. The third-order valence-corrected chi connectivity index (χ3v) is 6.23. The van der Waals surface area contributed by atoms with E-state index >= 15 is 0 Å². The Hall–Kier alpha value is -3.82. The summed E-state index contributed by atoms with van der Waals surface area (Å²) in [4.78, 5) is 6.69. The molecule has 6 nitrogen and oxygen atoms in total. The van der Waals surface area contributed by atoms with E-state index in [1.807, 2.05) is 66.7 Å². The van der Waals surface area contributed by atoms with Gasteiger partial charge in [0.15, 0.2) is 5.58 Å². The summed E-state index contributed by atoms with van der Waals surface area (Å²) in [6.07, 6.45) is 1.91. The second-order valence-electron chi connectivity index (χ2n) is 8.27. The summed E-state index contributed by atoms with van der Waals surface area (Å²) >= 11 is 0. The van der Waals surface area contributed by atoms with E-state index in [9.17, 15) is 5.26 Å². The molecule has 0 unspecified atom stereocenters. The highest BCUT2D eigenvalue weighted by atomic mass is 16.6. The van der Waals surface area contributed by atoms with Gasteiger partial charge in [0.2, 0.25) is 0 Å². The number of hydrogen-bond acceptors (Lipinski definition) is 6. The van der Waals surface area contributed by atoms with Crippen molar-refractivity contribution in [1.82, 2.24) is 9.88 Å². The van der Waals surface area contributed by atoms with Crippen molar-refractivity contribution in [3.05, 3.63) is 84.4 Å². The van der Waals surface area contributed by atoms with Crippen LogP contribution in [0.4, 0.5) is 0 Å². The third kappa shape index (κ3) is 4.69. The van der Waals surface area contributed by atoms with Crippen LogP contribution in [0.1, 0.15) is 18.4 Å². The molecule has 0 bridgehead atoms. The molecule has 1 aliphatic rings. The van der Waals surface area contributed by atoms with Crippen LogP contribution in [0, 0.1) is 11.3 Å². The SMILES string of the molecule is N#CC1(c2ccccc2)CCN(CCOc2ccc(Oc3nc4ccccc4o3)cc2)CC1. The average molecular weight is 440 g/mol. The molecular weight excluding hydrogens is 414 g/mol. The van der Waals surface area contributed by atoms with Crippen molar-refractivity contribution in [2.75, 3.05) is 26.2 Å². The largest absolute Gasteiger partial charge is 0.492 e. The van der Waals surface area contributed by atoms with Gasteiger partial charge in [0.25, 0.3) is 0 Å². The van der Waals surface area contributed by atoms with Gasteiger partial charge >= 0.3 is 6.08 Å². The summed E-state index contributed by atoms with van der Waals surface area (Å²) in [6, 6.07) is 27.7. The van der Waals surface area contributed by atoms with Crippen molar-refractivity contribution >= 4 is 11.1 Å². The molecule has 1 saturated heterocycles. The fourth-order valence-corrected chi connectivity index (χ4v) is 4.27. The van der Waals surface area contributed by atoms with Crippen LogP contribution in [0.2, 0.25) is 0 Å². The van der Waals surface area contributed by atoms with Gasteiger partial charge in [-0.05, 0) is 54.8 Å². The number of likely N-dealkylation sites (tertiary alicyclic amines) is 1. The minimum absolute atomic E-state index is 0.221. The number of hydrogen-bond donors (Lipinski definition) is 0. The lowest BCUT2D eigenvalue weighted by atomic mass is 9.74. The molecule has 0 amide bonds. The minimum Gasteiger partial charge on any atom is -0.492 e. The number of nitriles is 1. The van der Waals surface area contributed by atoms with E-state index in [1.54, 1.807) is 0 Å². The van der Waals surface area contributed by atoms with Crippen LogP contribution in [0.3, 0.4) is 0 Å². The normalized spacial score (nSPS) is 15.7. The van der Waals surface area contributed by atoms with Gasteiger partial charge < -0.3 is 13.9 Å². The van der Waals surface area contributed by atoms with Crippen molar-refractivity contribution in [2.24, 2.45) is 0 Å². The van der Waals surface area contributed by atoms with Gasteiger partial charge in [-0.2, -0.15) is 10.2 Å². The maximum atomic E-state index is 9.85. The number of aromatic nitrogens is 1. The summed E-state index contributed by atoms with van der Waals surface area (Å²) in [7, 11) is 0. The van der Waals surface area contributed by atoms with Crippen molar-refractivity contribution in [3.63, 3.8) is 0 Å². The molecular formula is C27H25N3O3. The molecule has 0 aliphatic carbocycles. The van der Waals surface area contributed by atoms with Crippen molar-refractivity contribution in [2.45, 2.75) is 18.3 Å². The van der Waals surface area contributed by atoms with Gasteiger partial charge in [0.05, 0.1) is 11.5 Å². The van der Waals surface area contributed by atoms with Crippen molar-refractivity contribution in [3.8, 4) is 23.6 Å². The zero-order chi connectivity index (χ0) is 22.5. The number of benzene rings is 3. The molecule has 5 rings (SSSR count). The summed E-state index contributed by atoms with van der Waals surface area (Å²) < 4.78 is 17.2. The Kier molecular flexibility index (Phi) is 5.97. The Morgan fingerprint density at radius 3 is 2.33 bits per heavy atom. The first-order chi connectivity index (χ1) is 16.2. The van der Waals surface area contributed by atoms with E-state index in [0.29, 0.717) is 17.9 Å². The van der Waals surface area contributed by atoms with E-state index in [-0.39, 0.29) is 11.5 Å². The van der Waals surface area contributed by atoms with Crippen molar-refractivity contribution in [1.29, 1.82) is 5.26 Å². The van der Waals surface area contributed by atoms with Gasteiger partial charge in [0, 0.05) is 19.6 Å². The van der Waals surface area contributed by atoms with Crippen LogP contribution in [-0.4, -0.2) is 36.1 Å². The fourth-order valence-electron chi connectivity index (χ4n) is 4.27. The number of nitrogens with zero attached hydrogens (tertiary/aromatic N) is 3. The molecule has 6 heteroatoms. The monoisotopic (exact) mass is 439 g/mol. The van der Waals surface area contributed by atoms with E-state index in [1.165, 1.54) is 0 Å². The maximum Gasteiger partial charge on any atom is 0.400 e. The van der Waals surface area contributed by atoms with Crippen molar-refractivity contribution < 1.29 is 13.9 Å². The maximum absolute atomic E-state index is 9.85. The van der Waals surface area contributed by atoms with Gasteiger partial charge in [0.1, 0.15) is 23.6 Å². The lowest BCUT2D eigenvalue weighted by Crippen LogP contribution is -2.43. The van der Waals surface area contributed by atoms with Crippen LogP contribution in [0.15, 0.2) is 83.3 Å². The predicted molar refractivity (Wildman–Crippen MR) is 125 cm³/mol. The smallest absolute Gasteiger partial charge is 0.400 e. The van der Waals surface area contributed by atoms with E-state index < -0.39 is 0 Å². The van der Waals surface area contributed by atoms with Gasteiger partial charge in [-0.1, -0.05) is 42.5 Å². The lowest BCUT2D eigenvalue weighted by molar-refractivity contribution is 0.156. The topological polar surface area (TPSA) is 71.5 Å². The Morgan fingerprint density at radius 1 is 0.909 bits per heavy atom. The Morgan fingerprint density at radius 2 is 1.61 bits per heavy atom. The van der Waals surface area contributed by atoms with E-state index in [2.05, 4.69) is 28.1 Å². The molecule has 2 heterocycles. The average Bonchev–Trinajstić information content (AvgIpc) is 3.28. The second-order valence-corrected chi connectivity index (χ2v) is 8.27. The second kappa shape index (κ2) is 9.35. The molecule has 166 valence electrons. The summed E-state index contributed by atoms with van der Waals surface area (Å²) in [5.74, 6) is 1.42. The van der Waals surface area contributed by atoms with Crippen LogP contribution in [0.25, 0.3) is 11.1 Å². The third-order valence-electron chi connectivity index (χ3n) is 6.23. The number of rotatable bonds is 7. The Bertz CT molecular complexity index is 1200. The summed E-state index contributed by atoms with van der Waals surface area (Å²) in [6.45, 7) is 3.21. The number of piperidine rings is 1. The van der Waals surface area contributed by atoms with Crippen LogP contribution in [0.5, 0.6) is 17.6 Å². The van der Waals surface area contributed by atoms with Crippen LogP contribution in [-0.2, 0) is 5.41 Å². The molecule has 0 radical (unpaired) electrons. The summed E-state index contributed by atoms with van der Waals surface area (Å²) in [5.41, 5.74) is 2.22. The molecule has 1 fully saturated rings. The van der Waals surface area contributed by atoms with Gasteiger partial charge in [-0.25, -0.2) is 0 Å². The zero-order valence-electron chi connectivity index (χ0n) is 18.3. The molecule has 0 saturated carbocycles. The highest BCUT2D eigenvalue weighted by Gasteiger charge is 2.36. The molecule has 0 N–H and O–H groups in total. The Balaban J connectivity index is 1.10. The molecule has 0 atom stereocenters. The molecule has 4 aromatic rings. The molecule has 33 heavy (non-hydrogen) atoms. The van der Waals surface area contributed by atoms with Crippen LogP contribution < -0.4 is 9.47 Å². The number of oxazole rings is 1. The molecule has 1 aliphatic heterocycles. The van der Waals surface area contributed by atoms with Crippen LogP contribution >= 0.6 is 0 Å². The first-order valence-corrected chi connectivity index (χ1v) is 11.2. The highest BCUT2D eigenvalue weighted by molar-refractivity contribution is 5.72. The van der Waals surface area contributed by atoms with E-state index in [0.717, 1.165) is 49.3 Å². The fraction of sp³-hybridized carbons (Fsp3) is 0.259. The zero-order valence-corrected chi connectivity index (χ0v) is 18.3. The predicted octanol–water partition coefficient (Wildman–Crippen LogP) is 5.56. The number of ether oxygens (including phenoxy) is 2. The molecule has 0 spiro atoms. The molecule has 1 aromatic heterocycles. The van der Waals surface area contributed by atoms with Gasteiger partial charge in [-0.15, -0.1) is 0 Å². The minimum atomic E-state index is -0.372. The van der Waals surface area contributed by atoms with E-state index in [4.69, 9.17) is 13.9 Å².